The fourth-order valence-electron chi connectivity index (χ4n) is 0.832. The van der Waals surface area contributed by atoms with Crippen LogP contribution in [0.15, 0.2) is 45.8 Å². The maximum Gasteiger partial charge on any atom is 0.0404 e. The van der Waals surface area contributed by atoms with E-state index in [-0.39, 0.29) is 0 Å². The summed E-state index contributed by atoms with van der Waals surface area (Å²) in [5, 5.41) is 0. The van der Waals surface area contributed by atoms with Gasteiger partial charge in [-0.2, -0.15) is 0 Å². The van der Waals surface area contributed by atoms with Crippen molar-refractivity contribution in [3.8, 4) is 0 Å². The molecule has 0 atom stereocenters. The van der Waals surface area contributed by atoms with Gasteiger partial charge >= 0.3 is 0 Å². The number of hydrogen-bond donors (Lipinski definition) is 0. The van der Waals surface area contributed by atoms with E-state index in [1.165, 1.54) is 4.90 Å². The Bertz CT molecular complexity index is 286. The molecule has 0 bridgehead atoms. The summed E-state index contributed by atoms with van der Waals surface area (Å²) in [5.41, 5.74) is 0. The Kier molecular flexibility index (Phi) is 5.60. The van der Waals surface area contributed by atoms with Crippen LogP contribution in [0.3, 0.4) is 0 Å². The fraction of sp³-hybridized carbons (Fsp3) is 0.200. The maximum absolute atomic E-state index is 5.50. The minimum atomic E-state index is 0.596. The molecular formula is C10H10BrClS. The van der Waals surface area contributed by atoms with E-state index in [0.29, 0.717) is 5.88 Å². The smallest absolute Gasteiger partial charge is 0.0404 e. The van der Waals surface area contributed by atoms with Gasteiger partial charge in [0.1, 0.15) is 0 Å². The van der Waals surface area contributed by atoms with Crippen molar-refractivity contribution in [3.05, 3.63) is 40.9 Å². The van der Waals surface area contributed by atoms with E-state index in [2.05, 4.69) is 34.1 Å². The van der Waals surface area contributed by atoms with Crippen molar-refractivity contribution in [2.45, 2.75) is 4.90 Å². The molecule has 0 heterocycles. The fourth-order valence-corrected chi connectivity index (χ4v) is 2.32. The topological polar surface area (TPSA) is 0 Å². The first kappa shape index (κ1) is 11.2. The molecule has 0 spiro atoms. The largest absolute Gasteiger partial charge is 0.122 e. The number of allylic oxidation sites excluding steroid dienone is 1. The van der Waals surface area contributed by atoms with Gasteiger partial charge < -0.3 is 0 Å². The quantitative estimate of drug-likeness (QED) is 0.448. The predicted molar refractivity (Wildman–Crippen MR) is 64.7 cm³/mol. The molecule has 1 rings (SSSR count). The van der Waals surface area contributed by atoms with Crippen molar-refractivity contribution in [2.24, 2.45) is 0 Å². The Morgan fingerprint density at radius 2 is 2.23 bits per heavy atom. The number of thioether (sulfide) groups is 1. The molecule has 13 heavy (non-hydrogen) atoms. The highest BCUT2D eigenvalue weighted by Gasteiger charge is 1.91. The lowest BCUT2D eigenvalue weighted by Gasteiger charge is -1.97. The molecular weight excluding hydrogens is 268 g/mol. The first-order chi connectivity index (χ1) is 6.33. The number of benzene rings is 1. The Morgan fingerprint density at radius 3 is 2.92 bits per heavy atom. The van der Waals surface area contributed by atoms with E-state index in [4.69, 9.17) is 11.6 Å². The molecule has 1 aromatic rings. The molecule has 0 radical (unpaired) electrons. The van der Waals surface area contributed by atoms with Gasteiger partial charge in [-0.25, -0.2) is 0 Å². The van der Waals surface area contributed by atoms with E-state index in [0.717, 1.165) is 10.2 Å². The molecule has 0 nitrogen and oxygen atoms in total. The average molecular weight is 278 g/mol. The second-order valence-corrected chi connectivity index (χ2v) is 4.71. The normalized spacial score (nSPS) is 10.9. The Morgan fingerprint density at radius 1 is 1.38 bits per heavy atom. The third kappa shape index (κ3) is 4.75. The van der Waals surface area contributed by atoms with Crippen LogP contribution in [0.1, 0.15) is 0 Å². The SMILES string of the molecule is ClCC=CCSc1cccc(Br)c1. The zero-order valence-electron chi connectivity index (χ0n) is 7.04. The second-order valence-electron chi connectivity index (χ2n) is 2.39. The highest BCUT2D eigenvalue weighted by Crippen LogP contribution is 2.21. The summed E-state index contributed by atoms with van der Waals surface area (Å²) >= 11 is 10.7. The van der Waals surface area contributed by atoms with Gasteiger partial charge in [0.15, 0.2) is 0 Å². The molecule has 0 aromatic heterocycles. The molecule has 0 saturated heterocycles. The van der Waals surface area contributed by atoms with E-state index >= 15 is 0 Å². The van der Waals surface area contributed by atoms with Gasteiger partial charge in [-0.3, -0.25) is 0 Å². The minimum absolute atomic E-state index is 0.596. The number of halogens is 2. The molecule has 0 unspecified atom stereocenters. The van der Waals surface area contributed by atoms with Crippen LogP contribution in [0.5, 0.6) is 0 Å². The minimum Gasteiger partial charge on any atom is -0.122 e. The maximum atomic E-state index is 5.50. The standard InChI is InChI=1S/C10H10BrClS/c11-9-4-3-5-10(8-9)13-7-2-1-6-12/h1-5,8H,6-7H2. The highest BCUT2D eigenvalue weighted by molar-refractivity contribution is 9.10. The van der Waals surface area contributed by atoms with Crippen LogP contribution < -0.4 is 0 Å². The van der Waals surface area contributed by atoms with Crippen molar-refractivity contribution >= 4 is 39.3 Å². The molecule has 0 saturated carbocycles. The van der Waals surface area contributed by atoms with Crippen molar-refractivity contribution < 1.29 is 0 Å². The van der Waals surface area contributed by atoms with E-state index in [1.54, 1.807) is 11.8 Å². The molecule has 1 aromatic carbocycles. The van der Waals surface area contributed by atoms with Crippen molar-refractivity contribution in [2.75, 3.05) is 11.6 Å². The van der Waals surface area contributed by atoms with Gasteiger partial charge in [0.05, 0.1) is 0 Å². The van der Waals surface area contributed by atoms with E-state index < -0.39 is 0 Å². The summed E-state index contributed by atoms with van der Waals surface area (Å²) < 4.78 is 1.12. The lowest BCUT2D eigenvalue weighted by Crippen LogP contribution is -1.74. The van der Waals surface area contributed by atoms with Crippen molar-refractivity contribution in [1.29, 1.82) is 0 Å². The Labute approximate surface area is 96.5 Å². The third-order valence-electron chi connectivity index (χ3n) is 1.40. The number of alkyl halides is 1. The summed E-state index contributed by atoms with van der Waals surface area (Å²) in [5.74, 6) is 1.57. The number of hydrogen-bond acceptors (Lipinski definition) is 1. The van der Waals surface area contributed by atoms with Crippen LogP contribution in [0.4, 0.5) is 0 Å². The molecule has 0 fully saturated rings. The zero-order valence-corrected chi connectivity index (χ0v) is 10.2. The van der Waals surface area contributed by atoms with Gasteiger partial charge in [0.25, 0.3) is 0 Å². The van der Waals surface area contributed by atoms with Crippen LogP contribution in [0, 0.1) is 0 Å². The Hall–Kier alpha value is 0.0800. The molecule has 70 valence electrons. The van der Waals surface area contributed by atoms with Crippen LogP contribution in [0.25, 0.3) is 0 Å². The van der Waals surface area contributed by atoms with E-state index in [1.807, 2.05) is 18.2 Å². The molecule has 3 heteroatoms. The first-order valence-corrected chi connectivity index (χ1v) is 6.23. The van der Waals surface area contributed by atoms with Gasteiger partial charge in [-0.15, -0.1) is 23.4 Å². The Balaban J connectivity index is 2.41. The van der Waals surface area contributed by atoms with Crippen LogP contribution in [-0.4, -0.2) is 11.6 Å². The average Bonchev–Trinajstić information content (AvgIpc) is 2.13. The van der Waals surface area contributed by atoms with Crippen molar-refractivity contribution in [1.82, 2.24) is 0 Å². The molecule has 0 aliphatic rings. The molecule has 0 aliphatic carbocycles. The summed E-state index contributed by atoms with van der Waals surface area (Å²) in [4.78, 5) is 1.27. The molecule has 0 aliphatic heterocycles. The van der Waals surface area contributed by atoms with Crippen LogP contribution in [0.2, 0.25) is 0 Å². The van der Waals surface area contributed by atoms with Gasteiger partial charge in [0, 0.05) is 21.0 Å². The van der Waals surface area contributed by atoms with Crippen LogP contribution in [-0.2, 0) is 0 Å². The van der Waals surface area contributed by atoms with Gasteiger partial charge in [-0.05, 0) is 18.2 Å². The molecule has 0 amide bonds. The monoisotopic (exact) mass is 276 g/mol. The van der Waals surface area contributed by atoms with Gasteiger partial charge in [0.2, 0.25) is 0 Å². The lowest BCUT2D eigenvalue weighted by molar-refractivity contribution is 1.43. The lowest BCUT2D eigenvalue weighted by atomic mass is 10.4. The van der Waals surface area contributed by atoms with Gasteiger partial charge in [-0.1, -0.05) is 34.1 Å². The highest BCUT2D eigenvalue weighted by atomic mass is 79.9. The molecule has 0 N–H and O–H groups in total. The van der Waals surface area contributed by atoms with E-state index in [9.17, 15) is 0 Å². The summed E-state index contributed by atoms with van der Waals surface area (Å²) in [6.45, 7) is 0. The number of rotatable bonds is 4. The second kappa shape index (κ2) is 6.52. The first-order valence-electron chi connectivity index (χ1n) is 3.92. The van der Waals surface area contributed by atoms with Crippen molar-refractivity contribution in [3.63, 3.8) is 0 Å². The summed E-state index contributed by atoms with van der Waals surface area (Å²) in [6, 6.07) is 8.28. The summed E-state index contributed by atoms with van der Waals surface area (Å²) in [7, 11) is 0. The zero-order chi connectivity index (χ0) is 9.52. The predicted octanol–water partition coefficient (Wildman–Crippen LogP) is 4.34. The summed E-state index contributed by atoms with van der Waals surface area (Å²) in [6.07, 6.45) is 4.05. The van der Waals surface area contributed by atoms with Crippen LogP contribution >= 0.6 is 39.3 Å². The third-order valence-corrected chi connectivity index (χ3v) is 3.02.